The van der Waals surface area contributed by atoms with Crippen LogP contribution >= 0.6 is 11.6 Å². The zero-order valence-corrected chi connectivity index (χ0v) is 9.63. The molecule has 1 aromatic rings. The van der Waals surface area contributed by atoms with Gasteiger partial charge in [0, 0.05) is 12.1 Å². The molecule has 84 valence electrons. The van der Waals surface area contributed by atoms with Crippen molar-refractivity contribution in [1.29, 1.82) is 0 Å². The highest BCUT2D eigenvalue weighted by Crippen LogP contribution is 2.04. The number of alkyl halides is 1. The van der Waals surface area contributed by atoms with E-state index >= 15 is 0 Å². The standard InChI is InChI=1S/C8H12ClN3O2S/c9-5-1-2-7-15(13,14)12-8-4-3-6-10-11-8/h3-4,6H,1-2,5,7H2,(H,11,12). The maximum absolute atomic E-state index is 11.5. The summed E-state index contributed by atoms with van der Waals surface area (Å²) >= 11 is 5.45. The van der Waals surface area contributed by atoms with Gasteiger partial charge in [-0.05, 0) is 25.0 Å². The van der Waals surface area contributed by atoms with Crippen LogP contribution in [0.15, 0.2) is 18.3 Å². The molecule has 0 spiro atoms. The molecule has 1 heterocycles. The number of nitrogens with one attached hydrogen (secondary N) is 1. The third kappa shape index (κ3) is 4.94. The van der Waals surface area contributed by atoms with Crippen LogP contribution in [-0.2, 0) is 10.0 Å². The number of aromatic nitrogens is 2. The van der Waals surface area contributed by atoms with Crippen LogP contribution in [0.2, 0.25) is 0 Å². The van der Waals surface area contributed by atoms with Gasteiger partial charge in [-0.1, -0.05) is 0 Å². The van der Waals surface area contributed by atoms with E-state index in [1.54, 1.807) is 12.1 Å². The molecule has 0 aromatic carbocycles. The Hall–Kier alpha value is -0.880. The van der Waals surface area contributed by atoms with Gasteiger partial charge in [-0.2, -0.15) is 5.10 Å². The van der Waals surface area contributed by atoms with Crippen LogP contribution in [0, 0.1) is 0 Å². The Kier molecular flexibility index (Phi) is 4.77. The highest BCUT2D eigenvalue weighted by Gasteiger charge is 2.10. The lowest BCUT2D eigenvalue weighted by Gasteiger charge is -2.05. The van der Waals surface area contributed by atoms with Crippen LogP contribution < -0.4 is 4.72 Å². The van der Waals surface area contributed by atoms with Crippen LogP contribution in [0.5, 0.6) is 0 Å². The highest BCUT2D eigenvalue weighted by atomic mass is 35.5. The number of unbranched alkanes of at least 4 members (excludes halogenated alkanes) is 1. The molecule has 0 radical (unpaired) electrons. The van der Waals surface area contributed by atoms with Gasteiger partial charge >= 0.3 is 0 Å². The van der Waals surface area contributed by atoms with Crippen LogP contribution in [0.4, 0.5) is 5.82 Å². The lowest BCUT2D eigenvalue weighted by molar-refractivity contribution is 0.597. The molecule has 0 amide bonds. The van der Waals surface area contributed by atoms with Crippen LogP contribution in [0.1, 0.15) is 12.8 Å². The summed E-state index contributed by atoms with van der Waals surface area (Å²) in [6.45, 7) is 0. The Balaban J connectivity index is 2.50. The maximum Gasteiger partial charge on any atom is 0.233 e. The first kappa shape index (κ1) is 12.2. The zero-order valence-electron chi connectivity index (χ0n) is 8.06. The van der Waals surface area contributed by atoms with Crippen molar-refractivity contribution in [1.82, 2.24) is 10.2 Å². The van der Waals surface area contributed by atoms with Crippen molar-refractivity contribution in [3.63, 3.8) is 0 Å². The van der Waals surface area contributed by atoms with Gasteiger partial charge in [0.05, 0.1) is 5.75 Å². The molecule has 0 saturated carbocycles. The molecule has 0 aliphatic heterocycles. The minimum absolute atomic E-state index is 0.0519. The zero-order chi connectivity index (χ0) is 11.1. The fourth-order valence-corrected chi connectivity index (χ4v) is 2.26. The fourth-order valence-electron chi connectivity index (χ4n) is 0.953. The number of sulfonamides is 1. The van der Waals surface area contributed by atoms with Crippen molar-refractivity contribution in [3.05, 3.63) is 18.3 Å². The first-order chi connectivity index (χ1) is 7.14. The first-order valence-corrected chi connectivity index (χ1v) is 6.67. The van der Waals surface area contributed by atoms with E-state index in [0.717, 1.165) is 0 Å². The lowest BCUT2D eigenvalue weighted by Crippen LogP contribution is -2.17. The van der Waals surface area contributed by atoms with E-state index in [1.165, 1.54) is 6.20 Å². The quantitative estimate of drug-likeness (QED) is 0.608. The third-order valence-corrected chi connectivity index (χ3v) is 3.24. The number of hydrogen-bond donors (Lipinski definition) is 1. The van der Waals surface area contributed by atoms with E-state index in [4.69, 9.17) is 11.6 Å². The summed E-state index contributed by atoms with van der Waals surface area (Å²) in [7, 11) is -3.32. The predicted octanol–water partition coefficient (Wildman–Crippen LogP) is 1.24. The SMILES string of the molecule is O=S(=O)(CCCCCl)Nc1cccnn1. The molecule has 0 aliphatic carbocycles. The second-order valence-corrected chi connectivity index (χ2v) is 5.15. The predicted molar refractivity (Wildman–Crippen MR) is 59.4 cm³/mol. The summed E-state index contributed by atoms with van der Waals surface area (Å²) in [5, 5.41) is 7.19. The maximum atomic E-state index is 11.5. The Morgan fingerprint density at radius 2 is 2.20 bits per heavy atom. The molecule has 15 heavy (non-hydrogen) atoms. The van der Waals surface area contributed by atoms with Crippen molar-refractivity contribution in [2.24, 2.45) is 0 Å². The average Bonchev–Trinajstić information content (AvgIpc) is 2.18. The van der Waals surface area contributed by atoms with Gasteiger partial charge < -0.3 is 0 Å². The summed E-state index contributed by atoms with van der Waals surface area (Å²) in [5.41, 5.74) is 0. The summed E-state index contributed by atoms with van der Waals surface area (Å²) in [6, 6.07) is 3.16. The lowest BCUT2D eigenvalue weighted by atomic mass is 10.4. The highest BCUT2D eigenvalue weighted by molar-refractivity contribution is 7.92. The molecule has 0 fully saturated rings. The van der Waals surface area contributed by atoms with Gasteiger partial charge in [0.2, 0.25) is 10.0 Å². The molecular formula is C8H12ClN3O2S. The van der Waals surface area contributed by atoms with E-state index in [1.807, 2.05) is 0 Å². The normalized spacial score (nSPS) is 11.3. The van der Waals surface area contributed by atoms with Crippen molar-refractivity contribution >= 4 is 27.4 Å². The Bertz CT molecular complexity index is 382. The molecule has 1 aromatic heterocycles. The van der Waals surface area contributed by atoms with Gasteiger partial charge in [0.25, 0.3) is 0 Å². The molecule has 0 aliphatic rings. The van der Waals surface area contributed by atoms with Crippen LogP contribution in [0.25, 0.3) is 0 Å². The number of halogens is 1. The van der Waals surface area contributed by atoms with E-state index in [9.17, 15) is 8.42 Å². The largest absolute Gasteiger partial charge is 0.266 e. The molecule has 0 saturated heterocycles. The third-order valence-electron chi connectivity index (χ3n) is 1.63. The number of nitrogens with zero attached hydrogens (tertiary/aromatic N) is 2. The van der Waals surface area contributed by atoms with E-state index in [-0.39, 0.29) is 11.6 Å². The van der Waals surface area contributed by atoms with Crippen molar-refractivity contribution in [2.75, 3.05) is 16.4 Å². The molecule has 5 nitrogen and oxygen atoms in total. The molecule has 7 heteroatoms. The van der Waals surface area contributed by atoms with Crippen molar-refractivity contribution < 1.29 is 8.42 Å². The van der Waals surface area contributed by atoms with Gasteiger partial charge in [-0.25, -0.2) is 8.42 Å². The van der Waals surface area contributed by atoms with Gasteiger partial charge in [0.15, 0.2) is 5.82 Å². The number of anilines is 1. The number of hydrogen-bond acceptors (Lipinski definition) is 4. The van der Waals surface area contributed by atoms with Crippen molar-refractivity contribution in [3.8, 4) is 0 Å². The average molecular weight is 250 g/mol. The number of rotatable bonds is 6. The Labute approximate surface area is 93.9 Å². The molecular weight excluding hydrogens is 238 g/mol. The molecule has 1 N–H and O–H groups in total. The minimum atomic E-state index is -3.32. The van der Waals surface area contributed by atoms with Crippen molar-refractivity contribution in [2.45, 2.75) is 12.8 Å². The van der Waals surface area contributed by atoms with Gasteiger partial charge in [0.1, 0.15) is 0 Å². The first-order valence-electron chi connectivity index (χ1n) is 4.48. The van der Waals surface area contributed by atoms with Crippen LogP contribution in [-0.4, -0.2) is 30.2 Å². The van der Waals surface area contributed by atoms with E-state index < -0.39 is 10.0 Å². The molecule has 0 atom stereocenters. The Morgan fingerprint density at radius 1 is 1.40 bits per heavy atom. The van der Waals surface area contributed by atoms with Gasteiger partial charge in [-0.3, -0.25) is 4.72 Å². The van der Waals surface area contributed by atoms with E-state index in [0.29, 0.717) is 18.7 Å². The summed E-state index contributed by atoms with van der Waals surface area (Å²) in [4.78, 5) is 0. The second kappa shape index (κ2) is 5.87. The van der Waals surface area contributed by atoms with E-state index in [2.05, 4.69) is 14.9 Å². The summed E-state index contributed by atoms with van der Waals surface area (Å²) < 4.78 is 25.2. The minimum Gasteiger partial charge on any atom is -0.266 e. The van der Waals surface area contributed by atoms with Crippen LogP contribution in [0.3, 0.4) is 0 Å². The summed E-state index contributed by atoms with van der Waals surface area (Å²) in [5.74, 6) is 0.764. The fraction of sp³-hybridized carbons (Fsp3) is 0.500. The Morgan fingerprint density at radius 3 is 2.80 bits per heavy atom. The van der Waals surface area contributed by atoms with Gasteiger partial charge in [-0.15, -0.1) is 16.7 Å². The topological polar surface area (TPSA) is 72.0 Å². The molecule has 0 bridgehead atoms. The molecule has 0 unspecified atom stereocenters. The molecule has 1 rings (SSSR count). The smallest absolute Gasteiger partial charge is 0.233 e. The second-order valence-electron chi connectivity index (χ2n) is 2.93. The summed E-state index contributed by atoms with van der Waals surface area (Å²) in [6.07, 6.45) is 2.70. The monoisotopic (exact) mass is 249 g/mol.